The van der Waals surface area contributed by atoms with E-state index in [1.807, 2.05) is 48.5 Å². The summed E-state index contributed by atoms with van der Waals surface area (Å²) in [5.41, 5.74) is 3.15. The van der Waals surface area contributed by atoms with Gasteiger partial charge in [0.2, 0.25) is 0 Å². The molecule has 0 atom stereocenters. The first kappa shape index (κ1) is 33.3. The lowest BCUT2D eigenvalue weighted by Gasteiger charge is -2.33. The molecule has 0 saturated carbocycles. The highest BCUT2D eigenvalue weighted by Gasteiger charge is 2.20. The van der Waals surface area contributed by atoms with Crippen LogP contribution in [0.2, 0.25) is 5.02 Å². The van der Waals surface area contributed by atoms with Gasteiger partial charge in [-0.2, -0.15) is 0 Å². The maximum atomic E-state index is 6.28. The van der Waals surface area contributed by atoms with Crippen LogP contribution in [-0.2, 0) is 19.8 Å². The van der Waals surface area contributed by atoms with E-state index in [0.29, 0.717) is 18.2 Å². The van der Waals surface area contributed by atoms with Gasteiger partial charge in [0.15, 0.2) is 0 Å². The van der Waals surface area contributed by atoms with E-state index in [9.17, 15) is 0 Å². The molecular weight excluding hydrogens is 584 g/mol. The van der Waals surface area contributed by atoms with Gasteiger partial charge < -0.3 is 29.3 Å². The Labute approximate surface area is 273 Å². The van der Waals surface area contributed by atoms with E-state index in [4.69, 9.17) is 26.1 Å². The summed E-state index contributed by atoms with van der Waals surface area (Å²) < 4.78 is 14.8. The highest BCUT2D eigenvalue weighted by Crippen LogP contribution is 2.29. The van der Waals surface area contributed by atoms with Crippen LogP contribution in [0.4, 0.5) is 0 Å². The quantitative estimate of drug-likeness (QED) is 0.145. The third-order valence-electron chi connectivity index (χ3n) is 9.34. The Bertz CT molecular complexity index is 1430. The predicted octanol–water partition coefficient (Wildman–Crippen LogP) is 7.39. The van der Waals surface area contributed by atoms with Crippen LogP contribution >= 0.6 is 11.6 Å². The largest absolute Gasteiger partial charge is 0.487 e. The van der Waals surface area contributed by atoms with E-state index < -0.39 is 0 Å². The van der Waals surface area contributed by atoms with Crippen molar-refractivity contribution in [1.82, 2.24) is 19.4 Å². The van der Waals surface area contributed by atoms with Crippen molar-refractivity contribution in [2.45, 2.75) is 71.1 Å². The smallest absolute Gasteiger partial charge is 0.148 e. The molecule has 242 valence electrons. The molecule has 6 rings (SSSR count). The summed E-state index contributed by atoms with van der Waals surface area (Å²) in [6.07, 6.45) is 10.5. The molecule has 3 heterocycles. The van der Waals surface area contributed by atoms with Crippen molar-refractivity contribution < 1.29 is 14.9 Å². The van der Waals surface area contributed by atoms with Gasteiger partial charge in [-0.25, -0.2) is 4.98 Å². The van der Waals surface area contributed by atoms with Gasteiger partial charge in [0.25, 0.3) is 0 Å². The van der Waals surface area contributed by atoms with Gasteiger partial charge in [0.1, 0.15) is 36.1 Å². The number of nitrogens with zero attached hydrogens (tertiary/aromatic N) is 4. The summed E-state index contributed by atoms with van der Waals surface area (Å²) >= 11 is 6.09. The van der Waals surface area contributed by atoms with Crippen molar-refractivity contribution in [1.29, 1.82) is 0 Å². The summed E-state index contributed by atoms with van der Waals surface area (Å²) in [6.45, 7) is 9.49. The highest BCUT2D eigenvalue weighted by molar-refractivity contribution is 6.30. The summed E-state index contributed by atoms with van der Waals surface area (Å²) in [4.78, 5) is 10.4. The number of aromatic nitrogens is 2. The van der Waals surface area contributed by atoms with Crippen LogP contribution < -0.4 is 9.47 Å². The Hall–Kier alpha value is -3.10. The predicted molar refractivity (Wildman–Crippen MR) is 183 cm³/mol. The molecule has 2 aliphatic heterocycles. The van der Waals surface area contributed by atoms with Crippen LogP contribution in [0.25, 0.3) is 11.0 Å². The number of benzene rings is 3. The molecule has 2 saturated heterocycles. The molecule has 3 aromatic carbocycles. The first-order chi connectivity index (χ1) is 21.7. The highest BCUT2D eigenvalue weighted by atomic mass is 35.5. The second-order valence-corrected chi connectivity index (χ2v) is 12.9. The third kappa shape index (κ3) is 9.46. The zero-order chi connectivity index (χ0) is 30.0. The van der Waals surface area contributed by atoms with E-state index >= 15 is 0 Å². The fourth-order valence-electron chi connectivity index (χ4n) is 6.80. The number of hydrogen-bond acceptors (Lipinski definition) is 5. The number of rotatable bonds is 14. The first-order valence-corrected chi connectivity index (χ1v) is 17.1. The maximum absolute atomic E-state index is 6.28. The van der Waals surface area contributed by atoms with Crippen molar-refractivity contribution >= 4 is 22.6 Å². The minimum atomic E-state index is 0. The molecule has 0 bridgehead atoms. The van der Waals surface area contributed by atoms with E-state index in [1.165, 1.54) is 84.2 Å². The monoisotopic (exact) mass is 632 g/mol. The van der Waals surface area contributed by atoms with Gasteiger partial charge in [-0.05, 0) is 132 Å². The molecule has 8 heteroatoms. The average Bonchev–Trinajstić information content (AvgIpc) is 3.43. The van der Waals surface area contributed by atoms with Gasteiger partial charge in [0.05, 0.1) is 5.52 Å². The number of aryl methyl sites for hydroxylation is 1. The number of piperidine rings is 2. The SMILES string of the molecule is Clc1ccc(OCc2nc3c(OCc4ccccc4)cccc3n2CCCC2CCN(CCCN3CCCCC3)CC2)cc1.O. The number of ether oxygens (including phenoxy) is 2. The van der Waals surface area contributed by atoms with Crippen LogP contribution in [0, 0.1) is 5.92 Å². The van der Waals surface area contributed by atoms with Crippen LogP contribution in [-0.4, -0.2) is 64.1 Å². The van der Waals surface area contributed by atoms with Gasteiger partial charge in [-0.1, -0.05) is 54.4 Å². The van der Waals surface area contributed by atoms with E-state index in [0.717, 1.165) is 52.8 Å². The molecule has 0 aliphatic carbocycles. The summed E-state index contributed by atoms with van der Waals surface area (Å²) in [5, 5.41) is 0.702. The number of halogens is 1. The first-order valence-electron chi connectivity index (χ1n) is 16.7. The lowest BCUT2D eigenvalue weighted by Crippen LogP contribution is -2.37. The van der Waals surface area contributed by atoms with Crippen LogP contribution in [0.15, 0.2) is 72.8 Å². The second kappa shape index (κ2) is 17.0. The Morgan fingerprint density at radius 1 is 0.711 bits per heavy atom. The fraction of sp³-hybridized carbons (Fsp3) is 0.486. The van der Waals surface area contributed by atoms with Crippen LogP contribution in [0.3, 0.4) is 0 Å². The molecular formula is C37H49ClN4O3. The summed E-state index contributed by atoms with van der Waals surface area (Å²) in [5.74, 6) is 3.33. The lowest BCUT2D eigenvalue weighted by molar-refractivity contribution is 0.159. The molecule has 0 amide bonds. The Kier molecular flexibility index (Phi) is 12.6. The summed E-state index contributed by atoms with van der Waals surface area (Å²) in [6, 6.07) is 24.1. The van der Waals surface area contributed by atoms with E-state index in [2.05, 4.69) is 38.6 Å². The van der Waals surface area contributed by atoms with Gasteiger partial charge in [0, 0.05) is 11.6 Å². The molecule has 4 aromatic rings. The molecule has 2 N–H and O–H groups in total. The van der Waals surface area contributed by atoms with Crippen molar-refractivity contribution in [3.05, 3.63) is 89.2 Å². The maximum Gasteiger partial charge on any atom is 0.148 e. The molecule has 45 heavy (non-hydrogen) atoms. The molecule has 2 fully saturated rings. The van der Waals surface area contributed by atoms with Gasteiger partial charge in [-0.15, -0.1) is 0 Å². The topological polar surface area (TPSA) is 74.3 Å². The lowest BCUT2D eigenvalue weighted by atomic mass is 9.92. The Morgan fingerprint density at radius 2 is 1.44 bits per heavy atom. The van der Waals surface area contributed by atoms with E-state index in [1.54, 1.807) is 0 Å². The van der Waals surface area contributed by atoms with Crippen LogP contribution in [0.1, 0.15) is 62.8 Å². The Balaban J connectivity index is 0.00000400. The molecule has 0 spiro atoms. The molecule has 1 aromatic heterocycles. The number of fused-ring (bicyclic) bond motifs is 1. The molecule has 0 radical (unpaired) electrons. The normalized spacial score (nSPS) is 16.5. The third-order valence-corrected chi connectivity index (χ3v) is 9.59. The number of hydrogen-bond donors (Lipinski definition) is 0. The molecule has 2 aliphatic rings. The molecule has 0 unspecified atom stereocenters. The van der Waals surface area contributed by atoms with E-state index in [-0.39, 0.29) is 5.48 Å². The molecule has 7 nitrogen and oxygen atoms in total. The van der Waals surface area contributed by atoms with Crippen LogP contribution in [0.5, 0.6) is 11.5 Å². The second-order valence-electron chi connectivity index (χ2n) is 12.5. The van der Waals surface area contributed by atoms with Crippen molar-refractivity contribution in [2.75, 3.05) is 39.3 Å². The zero-order valence-corrected chi connectivity index (χ0v) is 27.3. The average molecular weight is 633 g/mol. The fourth-order valence-corrected chi connectivity index (χ4v) is 6.92. The van der Waals surface area contributed by atoms with Crippen molar-refractivity contribution in [3.8, 4) is 11.5 Å². The van der Waals surface area contributed by atoms with Crippen molar-refractivity contribution in [3.63, 3.8) is 0 Å². The minimum Gasteiger partial charge on any atom is -0.487 e. The summed E-state index contributed by atoms with van der Waals surface area (Å²) in [7, 11) is 0. The standard InChI is InChI=1S/C37H47ClN4O2.H2O/c38-32-15-17-33(18-16-32)43-29-36-39-37-34(13-7-14-35(37)44-28-31-10-3-1-4-11-31)42(36)25-8-12-30-19-26-41(27-20-30)24-9-23-40-21-5-2-6-22-40;/h1,3-4,7,10-11,13-18,30H,2,5-6,8-9,12,19-29H2;1H2. The Morgan fingerprint density at radius 3 is 2.20 bits per heavy atom. The zero-order valence-electron chi connectivity index (χ0n) is 26.5. The van der Waals surface area contributed by atoms with Gasteiger partial charge in [-0.3, -0.25) is 0 Å². The minimum absolute atomic E-state index is 0. The van der Waals surface area contributed by atoms with Gasteiger partial charge >= 0.3 is 0 Å². The van der Waals surface area contributed by atoms with Crippen molar-refractivity contribution in [2.24, 2.45) is 5.92 Å². The number of likely N-dealkylation sites (tertiary alicyclic amines) is 2. The number of imidazole rings is 1. The number of para-hydroxylation sites is 1.